The molecule has 0 aliphatic rings. The van der Waals surface area contributed by atoms with Gasteiger partial charge < -0.3 is 4.90 Å². The zero-order valence-corrected chi connectivity index (χ0v) is 16.7. The van der Waals surface area contributed by atoms with Crippen molar-refractivity contribution in [1.82, 2.24) is 4.90 Å². The molecular weight excluding hydrogens is 272 g/mol. The molecule has 0 saturated heterocycles. The fourth-order valence-corrected chi connectivity index (χ4v) is 3.67. The van der Waals surface area contributed by atoms with E-state index in [1.807, 2.05) is 0 Å². The molecule has 0 spiro atoms. The third kappa shape index (κ3) is 5.17. The third-order valence-corrected chi connectivity index (χ3v) is 5.61. The Bertz CT molecular complexity index is 371. The van der Waals surface area contributed by atoms with Crippen LogP contribution in [0.3, 0.4) is 0 Å². The number of rotatable bonds is 9. The minimum atomic E-state index is 0.00271. The number of nitrogens with zero attached hydrogens (tertiary/aromatic N) is 1. The highest BCUT2D eigenvalue weighted by atomic mass is 31.0. The predicted molar refractivity (Wildman–Crippen MR) is 103 cm³/mol. The third-order valence-electron chi connectivity index (χ3n) is 4.74. The molecule has 0 aromatic carbocycles. The van der Waals surface area contributed by atoms with Gasteiger partial charge in [-0.15, -0.1) is 9.24 Å². The van der Waals surface area contributed by atoms with Crippen LogP contribution >= 0.6 is 9.24 Å². The normalized spacial score (nSPS) is 14.0. The fraction of sp³-hybridized carbons (Fsp3) is 0.778. The lowest BCUT2D eigenvalue weighted by molar-refractivity contribution is 0.0216. The van der Waals surface area contributed by atoms with Gasteiger partial charge in [0.05, 0.1) is 5.78 Å². The fourth-order valence-electron chi connectivity index (χ4n) is 3.09. The monoisotopic (exact) mass is 308 g/mol. The first-order valence-electron chi connectivity index (χ1n) is 8.04. The molecule has 0 heterocycles. The molecule has 0 rings (SSSR count). The lowest BCUT2D eigenvalue weighted by Gasteiger charge is -2.54. The van der Waals surface area contributed by atoms with Gasteiger partial charge in [-0.1, -0.05) is 53.2 Å². The van der Waals surface area contributed by atoms with E-state index >= 15 is 0 Å². The smallest absolute Gasteiger partial charge is 0.113 e. The minimum Gasteiger partial charge on any atom is -0.360 e. The van der Waals surface area contributed by atoms with Crippen molar-refractivity contribution in [2.24, 2.45) is 11.3 Å². The molecule has 1 nitrogen and oxygen atoms in total. The molecule has 21 heavy (non-hydrogen) atoms. The number of hydrogen-bond donors (Lipinski definition) is 0. The first kappa shape index (κ1) is 20.8. The average molecular weight is 308 g/mol. The second-order valence-electron chi connectivity index (χ2n) is 7.88. The Morgan fingerprint density at radius 2 is 1.67 bits per heavy atom. The zero-order valence-electron chi connectivity index (χ0n) is 15.6. The molecule has 0 amide bonds. The first-order valence-corrected chi connectivity index (χ1v) is 8.71. The van der Waals surface area contributed by atoms with Gasteiger partial charge in [0.15, 0.2) is 0 Å². The van der Waals surface area contributed by atoms with Gasteiger partial charge in [0.2, 0.25) is 0 Å². The largest absolute Gasteiger partial charge is 0.360 e. The van der Waals surface area contributed by atoms with E-state index in [-0.39, 0.29) is 16.7 Å². The maximum Gasteiger partial charge on any atom is 0.113 e. The molecule has 0 aliphatic carbocycles. The Morgan fingerprint density at radius 1 is 1.19 bits per heavy atom. The molecular formula is C18H36BNP. The summed E-state index contributed by atoms with van der Waals surface area (Å²) < 4.78 is 0. The topological polar surface area (TPSA) is 3.24 Å². The summed E-state index contributed by atoms with van der Waals surface area (Å²) in [6.45, 7) is 26.7. The van der Waals surface area contributed by atoms with Crippen molar-refractivity contribution in [3.05, 3.63) is 24.4 Å². The van der Waals surface area contributed by atoms with Crippen molar-refractivity contribution in [1.29, 1.82) is 0 Å². The average Bonchev–Trinajstić information content (AvgIpc) is 2.26. The van der Waals surface area contributed by atoms with E-state index in [9.17, 15) is 0 Å². The molecule has 2 unspecified atom stereocenters. The zero-order chi connectivity index (χ0) is 17.0. The van der Waals surface area contributed by atoms with Gasteiger partial charge in [0.1, 0.15) is 7.28 Å². The van der Waals surface area contributed by atoms with Gasteiger partial charge in [0.25, 0.3) is 0 Å². The van der Waals surface area contributed by atoms with Crippen LogP contribution in [0.5, 0.6) is 0 Å². The molecule has 0 saturated carbocycles. The summed E-state index contributed by atoms with van der Waals surface area (Å²) in [7, 11) is 5.13. The molecule has 2 atom stereocenters. The SMILES string of the molecule is C=C(C)C(P)N(C(=C)C[B]C)C(C)(C)C(C)(C)CC(C)C. The molecule has 0 aromatic heterocycles. The van der Waals surface area contributed by atoms with Crippen LogP contribution in [0.25, 0.3) is 0 Å². The van der Waals surface area contributed by atoms with Crippen molar-refractivity contribution < 1.29 is 0 Å². The second kappa shape index (κ2) is 7.86. The van der Waals surface area contributed by atoms with Gasteiger partial charge >= 0.3 is 0 Å². The maximum atomic E-state index is 4.35. The molecule has 0 N–H and O–H groups in total. The van der Waals surface area contributed by atoms with Crippen LogP contribution < -0.4 is 0 Å². The first-order chi connectivity index (χ1) is 9.38. The molecule has 1 radical (unpaired) electrons. The summed E-state index contributed by atoms with van der Waals surface area (Å²) in [5.74, 6) is 0.902. The van der Waals surface area contributed by atoms with E-state index in [2.05, 4.69) is 89.9 Å². The molecule has 0 fully saturated rings. The molecule has 3 heteroatoms. The Morgan fingerprint density at radius 3 is 2.00 bits per heavy atom. The molecule has 121 valence electrons. The molecule has 0 aliphatic heterocycles. The van der Waals surface area contributed by atoms with Crippen LogP contribution in [0.15, 0.2) is 24.4 Å². The summed E-state index contributed by atoms with van der Waals surface area (Å²) in [4.78, 5) is 2.46. The van der Waals surface area contributed by atoms with E-state index in [0.717, 1.165) is 11.9 Å². The maximum absolute atomic E-state index is 4.35. The van der Waals surface area contributed by atoms with Crippen molar-refractivity contribution >= 4 is 16.5 Å². The summed E-state index contributed by atoms with van der Waals surface area (Å²) >= 11 is 0. The van der Waals surface area contributed by atoms with E-state index in [4.69, 9.17) is 0 Å². The van der Waals surface area contributed by atoms with Crippen LogP contribution in [0.2, 0.25) is 13.1 Å². The summed E-state index contributed by atoms with van der Waals surface area (Å²) in [5.41, 5.74) is 2.51. The Labute approximate surface area is 137 Å². The van der Waals surface area contributed by atoms with Crippen molar-refractivity contribution in [3.8, 4) is 0 Å². The van der Waals surface area contributed by atoms with Crippen LogP contribution in [0.1, 0.15) is 54.9 Å². The van der Waals surface area contributed by atoms with E-state index < -0.39 is 0 Å². The minimum absolute atomic E-state index is 0.00271. The summed E-state index contributed by atoms with van der Waals surface area (Å²) in [5, 5.41) is 0. The van der Waals surface area contributed by atoms with E-state index in [0.29, 0.717) is 5.92 Å². The highest BCUT2D eigenvalue weighted by Gasteiger charge is 2.44. The second-order valence-corrected chi connectivity index (χ2v) is 8.51. The van der Waals surface area contributed by atoms with Crippen LogP contribution in [0.4, 0.5) is 0 Å². The van der Waals surface area contributed by atoms with Crippen molar-refractivity contribution in [2.75, 3.05) is 0 Å². The van der Waals surface area contributed by atoms with Gasteiger partial charge in [-0.25, -0.2) is 0 Å². The summed E-state index contributed by atoms with van der Waals surface area (Å²) in [6, 6.07) is 0. The van der Waals surface area contributed by atoms with Crippen LogP contribution in [0, 0.1) is 11.3 Å². The van der Waals surface area contributed by atoms with Gasteiger partial charge in [-0.3, -0.25) is 0 Å². The van der Waals surface area contributed by atoms with Crippen LogP contribution in [-0.2, 0) is 0 Å². The summed E-state index contributed by atoms with van der Waals surface area (Å²) in [6.07, 6.45) is 2.10. The van der Waals surface area contributed by atoms with E-state index in [1.165, 1.54) is 12.1 Å². The number of allylic oxidation sites excluding steroid dienone is 1. The highest BCUT2D eigenvalue weighted by molar-refractivity contribution is 7.17. The Kier molecular flexibility index (Phi) is 7.78. The van der Waals surface area contributed by atoms with Gasteiger partial charge in [0, 0.05) is 5.54 Å². The van der Waals surface area contributed by atoms with Crippen LogP contribution in [-0.4, -0.2) is 23.5 Å². The standard InChI is InChI=1S/C18H36BNP/c1-13(2)11-17(6,7)18(8,9)20(15(5)12-19-10)16(21)14(3)4/h13,16H,3,5,11-12,21H2,1-2,4,6-10H3. The Balaban J connectivity index is 5.67. The number of hydrogen-bond acceptors (Lipinski definition) is 1. The van der Waals surface area contributed by atoms with E-state index in [1.54, 1.807) is 0 Å². The lowest BCUT2D eigenvalue weighted by Crippen LogP contribution is -2.56. The molecule has 0 bridgehead atoms. The van der Waals surface area contributed by atoms with Crippen molar-refractivity contribution in [3.63, 3.8) is 0 Å². The van der Waals surface area contributed by atoms with Crippen molar-refractivity contribution in [2.45, 2.75) is 79.4 Å². The lowest BCUT2D eigenvalue weighted by atomic mass is 9.67. The van der Waals surface area contributed by atoms with Gasteiger partial charge in [-0.05, 0) is 50.5 Å². The predicted octanol–water partition coefficient (Wildman–Crippen LogP) is 5.60. The molecule has 0 aromatic rings. The Hall–Kier alpha value is -0.225. The van der Waals surface area contributed by atoms with Gasteiger partial charge in [-0.2, -0.15) is 0 Å². The highest BCUT2D eigenvalue weighted by Crippen LogP contribution is 2.45. The quantitative estimate of drug-likeness (QED) is 0.304.